The first kappa shape index (κ1) is 11.2. The lowest BCUT2D eigenvalue weighted by Gasteiger charge is -2.13. The van der Waals surface area contributed by atoms with Crippen LogP contribution in [0.4, 0.5) is 0 Å². The van der Waals surface area contributed by atoms with Crippen LogP contribution in [0.2, 0.25) is 0 Å². The highest BCUT2D eigenvalue weighted by Crippen LogP contribution is 1.99. The van der Waals surface area contributed by atoms with Crippen LogP contribution in [0, 0.1) is 0 Å². The standard InChI is InChI=1S/C6H11N3O4/c7-6(8)9-3(5(12)13)1-2-4(10)11/h3H,1-2H2,(H,10,11)(H,12,13)(H4,7,8,9)/p-2/t3-/m0/s1. The van der Waals surface area contributed by atoms with E-state index in [1.807, 2.05) is 0 Å². The van der Waals surface area contributed by atoms with Crippen molar-refractivity contribution in [2.45, 2.75) is 18.9 Å². The first-order valence-corrected chi connectivity index (χ1v) is 3.43. The van der Waals surface area contributed by atoms with Crippen LogP contribution >= 0.6 is 0 Å². The normalized spacial score (nSPS) is 11.7. The molecule has 4 N–H and O–H groups in total. The minimum atomic E-state index is -1.52. The lowest BCUT2D eigenvalue weighted by Crippen LogP contribution is -2.38. The number of nitrogens with two attached hydrogens (primary N) is 2. The number of guanidine groups is 1. The Kier molecular flexibility index (Phi) is 4.28. The molecule has 0 amide bonds. The van der Waals surface area contributed by atoms with E-state index < -0.39 is 30.4 Å². The van der Waals surface area contributed by atoms with E-state index in [-0.39, 0.29) is 6.42 Å². The molecule has 0 spiro atoms. The van der Waals surface area contributed by atoms with Crippen molar-refractivity contribution in [1.29, 1.82) is 0 Å². The summed E-state index contributed by atoms with van der Waals surface area (Å²) in [7, 11) is 0. The highest BCUT2D eigenvalue weighted by Gasteiger charge is 2.07. The van der Waals surface area contributed by atoms with Gasteiger partial charge in [0, 0.05) is 5.97 Å². The summed E-state index contributed by atoms with van der Waals surface area (Å²) in [6.07, 6.45) is -0.683. The van der Waals surface area contributed by atoms with Crippen molar-refractivity contribution in [3.05, 3.63) is 0 Å². The van der Waals surface area contributed by atoms with E-state index >= 15 is 0 Å². The first-order valence-electron chi connectivity index (χ1n) is 3.43. The fraction of sp³-hybridized carbons (Fsp3) is 0.500. The molecule has 0 aromatic rings. The highest BCUT2D eigenvalue weighted by atomic mass is 16.4. The Labute approximate surface area is 74.1 Å². The third-order valence-electron chi connectivity index (χ3n) is 1.20. The number of carboxylic acids is 2. The van der Waals surface area contributed by atoms with Gasteiger partial charge in [-0.3, -0.25) is 0 Å². The summed E-state index contributed by atoms with van der Waals surface area (Å²) >= 11 is 0. The molecule has 0 saturated carbocycles. The summed E-state index contributed by atoms with van der Waals surface area (Å²) in [4.78, 5) is 23.5. The van der Waals surface area contributed by atoms with Gasteiger partial charge in [-0.25, -0.2) is 4.99 Å². The predicted octanol–water partition coefficient (Wildman–Crippen LogP) is -4.09. The van der Waals surface area contributed by atoms with Gasteiger partial charge in [-0.2, -0.15) is 0 Å². The quantitative estimate of drug-likeness (QED) is 0.330. The maximum absolute atomic E-state index is 10.3. The number of carboxylic acid groups (broad SMARTS) is 2. The van der Waals surface area contributed by atoms with Crippen molar-refractivity contribution in [3.63, 3.8) is 0 Å². The maximum atomic E-state index is 10.3. The van der Waals surface area contributed by atoms with E-state index in [1.165, 1.54) is 0 Å². The van der Waals surface area contributed by atoms with Gasteiger partial charge in [0.2, 0.25) is 0 Å². The van der Waals surface area contributed by atoms with Crippen molar-refractivity contribution in [2.75, 3.05) is 0 Å². The molecule has 1 atom stereocenters. The van der Waals surface area contributed by atoms with Crippen LogP contribution in [0.5, 0.6) is 0 Å². The molecular formula is C6H9N3O4-2. The molecule has 0 aliphatic heterocycles. The van der Waals surface area contributed by atoms with E-state index in [1.54, 1.807) is 0 Å². The molecule has 0 radical (unpaired) electrons. The molecule has 7 heteroatoms. The molecule has 0 aliphatic carbocycles. The van der Waals surface area contributed by atoms with Crippen LogP contribution in [0.25, 0.3) is 0 Å². The molecule has 0 saturated heterocycles. The fourth-order valence-corrected chi connectivity index (χ4v) is 0.670. The SMILES string of the molecule is NC(N)=N[C@@H](CCC(=O)[O-])C(=O)[O-]. The van der Waals surface area contributed by atoms with E-state index in [4.69, 9.17) is 11.5 Å². The molecule has 0 bridgehead atoms. The second-order valence-corrected chi connectivity index (χ2v) is 2.30. The Morgan fingerprint density at radius 1 is 1.31 bits per heavy atom. The number of aliphatic carboxylic acids is 2. The number of carbonyl (C=O) groups excluding carboxylic acids is 2. The zero-order valence-corrected chi connectivity index (χ0v) is 6.73. The lowest BCUT2D eigenvalue weighted by atomic mass is 10.2. The number of carbonyl (C=O) groups is 2. The van der Waals surface area contributed by atoms with Gasteiger partial charge in [-0.15, -0.1) is 0 Å². The molecule has 0 rings (SSSR count). The first-order chi connectivity index (χ1) is 5.93. The number of aliphatic imine (C=N–C) groups is 1. The van der Waals surface area contributed by atoms with E-state index in [0.29, 0.717) is 0 Å². The zero-order chi connectivity index (χ0) is 10.4. The molecule has 0 aromatic heterocycles. The third kappa shape index (κ3) is 5.48. The number of hydrogen-bond acceptors (Lipinski definition) is 5. The molecule has 0 aromatic carbocycles. The maximum Gasteiger partial charge on any atom is 0.186 e. The second-order valence-electron chi connectivity index (χ2n) is 2.30. The lowest BCUT2D eigenvalue weighted by molar-refractivity contribution is -0.309. The topological polar surface area (TPSA) is 145 Å². The smallest absolute Gasteiger partial charge is 0.186 e. The van der Waals surface area contributed by atoms with Crippen LogP contribution in [0.3, 0.4) is 0 Å². The van der Waals surface area contributed by atoms with Gasteiger partial charge in [0.15, 0.2) is 5.96 Å². The Morgan fingerprint density at radius 3 is 2.15 bits per heavy atom. The van der Waals surface area contributed by atoms with Gasteiger partial charge in [-0.1, -0.05) is 0 Å². The van der Waals surface area contributed by atoms with Crippen LogP contribution < -0.4 is 21.7 Å². The molecule has 0 heterocycles. The van der Waals surface area contributed by atoms with Crippen molar-refractivity contribution < 1.29 is 19.8 Å². The average molecular weight is 187 g/mol. The largest absolute Gasteiger partial charge is 0.550 e. The molecule has 7 nitrogen and oxygen atoms in total. The molecule has 0 aliphatic rings. The number of nitrogens with zero attached hydrogens (tertiary/aromatic N) is 1. The van der Waals surface area contributed by atoms with Crippen molar-refractivity contribution in [2.24, 2.45) is 16.5 Å². The highest BCUT2D eigenvalue weighted by molar-refractivity contribution is 5.81. The van der Waals surface area contributed by atoms with E-state index in [2.05, 4.69) is 4.99 Å². The van der Waals surface area contributed by atoms with Gasteiger partial charge in [-0.05, 0) is 12.8 Å². The Hall–Kier alpha value is -1.79. The Bertz CT molecular complexity index is 234. The molecular weight excluding hydrogens is 178 g/mol. The minimum absolute atomic E-state index is 0.247. The molecule has 74 valence electrons. The summed E-state index contributed by atoms with van der Waals surface area (Å²) in [5, 5.41) is 20.3. The number of hydrogen-bond donors (Lipinski definition) is 2. The molecule has 0 unspecified atom stereocenters. The van der Waals surface area contributed by atoms with Crippen LogP contribution in [0.15, 0.2) is 4.99 Å². The van der Waals surface area contributed by atoms with Gasteiger partial charge in [0.25, 0.3) is 0 Å². The van der Waals surface area contributed by atoms with Crippen LogP contribution in [0.1, 0.15) is 12.8 Å². The van der Waals surface area contributed by atoms with Crippen molar-refractivity contribution in [3.8, 4) is 0 Å². The van der Waals surface area contributed by atoms with Crippen molar-refractivity contribution >= 4 is 17.9 Å². The van der Waals surface area contributed by atoms with Gasteiger partial charge in [0.05, 0.1) is 12.0 Å². The van der Waals surface area contributed by atoms with Gasteiger partial charge < -0.3 is 31.3 Å². The fourth-order valence-electron chi connectivity index (χ4n) is 0.670. The summed E-state index contributed by atoms with van der Waals surface area (Å²) < 4.78 is 0. The van der Waals surface area contributed by atoms with E-state index in [0.717, 1.165) is 0 Å². The van der Waals surface area contributed by atoms with Gasteiger partial charge >= 0.3 is 0 Å². The summed E-state index contributed by atoms with van der Waals surface area (Å²) in [5.74, 6) is -3.31. The molecule has 0 fully saturated rings. The Balaban J connectivity index is 4.19. The zero-order valence-electron chi connectivity index (χ0n) is 6.73. The summed E-state index contributed by atoms with van der Waals surface area (Å²) in [5.41, 5.74) is 9.82. The molecule has 13 heavy (non-hydrogen) atoms. The monoisotopic (exact) mass is 187 g/mol. The number of rotatable bonds is 5. The second kappa shape index (κ2) is 4.96. The van der Waals surface area contributed by atoms with Crippen molar-refractivity contribution in [1.82, 2.24) is 0 Å². The Morgan fingerprint density at radius 2 is 1.85 bits per heavy atom. The van der Waals surface area contributed by atoms with E-state index in [9.17, 15) is 19.8 Å². The third-order valence-corrected chi connectivity index (χ3v) is 1.20. The minimum Gasteiger partial charge on any atom is -0.550 e. The van der Waals surface area contributed by atoms with Crippen LogP contribution in [-0.2, 0) is 9.59 Å². The summed E-state index contributed by atoms with van der Waals surface area (Å²) in [6, 6.07) is -1.33. The van der Waals surface area contributed by atoms with Crippen LogP contribution in [-0.4, -0.2) is 23.9 Å². The summed E-state index contributed by atoms with van der Waals surface area (Å²) in [6.45, 7) is 0. The average Bonchev–Trinajstić information content (AvgIpc) is 1.96. The van der Waals surface area contributed by atoms with Gasteiger partial charge in [0.1, 0.15) is 0 Å². The predicted molar refractivity (Wildman–Crippen MR) is 38.8 cm³/mol.